The molecule has 0 aliphatic carbocycles. The highest BCUT2D eigenvalue weighted by Gasteiger charge is 2.12. The number of nitrogen functional groups attached to an aromatic ring is 1. The summed E-state index contributed by atoms with van der Waals surface area (Å²) in [6.07, 6.45) is 3.11. The highest BCUT2D eigenvalue weighted by molar-refractivity contribution is 5.59. The average molecular weight is 325 g/mol. The van der Waals surface area contributed by atoms with Crippen molar-refractivity contribution >= 4 is 17.3 Å². The molecule has 0 fully saturated rings. The summed E-state index contributed by atoms with van der Waals surface area (Å²) in [4.78, 5) is 4.41. The topological polar surface area (TPSA) is 68.2 Å². The Balaban J connectivity index is 0.000000647. The minimum Gasteiger partial charge on any atom is -0.384 e. The van der Waals surface area contributed by atoms with Gasteiger partial charge in [0.15, 0.2) is 5.65 Å². The molecular formula is C19H27N5. The molecule has 5 heteroatoms. The third-order valence-electron chi connectivity index (χ3n) is 3.46. The number of benzene rings is 1. The van der Waals surface area contributed by atoms with Crippen LogP contribution in [0.3, 0.4) is 0 Å². The van der Waals surface area contributed by atoms with E-state index in [1.807, 2.05) is 35.0 Å². The Morgan fingerprint density at radius 2 is 1.83 bits per heavy atom. The maximum atomic E-state index is 5.93. The zero-order valence-corrected chi connectivity index (χ0v) is 15.0. The van der Waals surface area contributed by atoms with Crippen molar-refractivity contribution in [1.29, 1.82) is 0 Å². The van der Waals surface area contributed by atoms with Crippen molar-refractivity contribution < 1.29 is 0 Å². The summed E-state index contributed by atoms with van der Waals surface area (Å²) in [6, 6.07) is 12.0. The van der Waals surface area contributed by atoms with Gasteiger partial charge in [0.1, 0.15) is 11.6 Å². The Hall–Kier alpha value is -2.56. The van der Waals surface area contributed by atoms with Crippen molar-refractivity contribution in [2.24, 2.45) is 0 Å². The van der Waals surface area contributed by atoms with Gasteiger partial charge in [-0.15, -0.1) is 0 Å². The molecular weight excluding hydrogens is 298 g/mol. The second-order valence-corrected chi connectivity index (χ2v) is 6.10. The zero-order chi connectivity index (χ0) is 17.5. The van der Waals surface area contributed by atoms with Crippen LogP contribution in [0.5, 0.6) is 0 Å². The molecule has 0 aliphatic heterocycles. The molecule has 128 valence electrons. The number of fused-ring (bicyclic) bond motifs is 1. The van der Waals surface area contributed by atoms with Crippen molar-refractivity contribution in [3.8, 4) is 0 Å². The molecule has 2 aromatic heterocycles. The molecule has 3 N–H and O–H groups in total. The molecule has 3 rings (SSSR count). The summed E-state index contributed by atoms with van der Waals surface area (Å²) in [6.45, 7) is 9.22. The number of aromatic nitrogens is 3. The van der Waals surface area contributed by atoms with Crippen LogP contribution in [0.4, 0.5) is 11.6 Å². The Morgan fingerprint density at radius 3 is 2.46 bits per heavy atom. The minimum absolute atomic E-state index is 0.360. The number of anilines is 2. The first-order valence-corrected chi connectivity index (χ1v) is 8.48. The summed E-state index contributed by atoms with van der Waals surface area (Å²) in [5.74, 6) is 1.72. The number of hydrogen-bond donors (Lipinski definition) is 2. The van der Waals surface area contributed by atoms with E-state index in [1.54, 1.807) is 0 Å². The van der Waals surface area contributed by atoms with Crippen LogP contribution < -0.4 is 11.1 Å². The van der Waals surface area contributed by atoms with Crippen molar-refractivity contribution in [2.75, 3.05) is 11.1 Å². The van der Waals surface area contributed by atoms with E-state index in [2.05, 4.69) is 55.2 Å². The van der Waals surface area contributed by atoms with E-state index in [0.29, 0.717) is 11.7 Å². The summed E-state index contributed by atoms with van der Waals surface area (Å²) in [7, 11) is 0. The van der Waals surface area contributed by atoms with E-state index in [1.165, 1.54) is 12.0 Å². The molecule has 0 amide bonds. The normalized spacial score (nSPS) is 10.5. The van der Waals surface area contributed by atoms with Crippen LogP contribution in [-0.2, 0) is 6.54 Å². The molecule has 1 aromatic carbocycles. The number of hydrogen-bond acceptors (Lipinski definition) is 4. The first-order chi connectivity index (χ1) is 11.6. The predicted molar refractivity (Wildman–Crippen MR) is 101 cm³/mol. The minimum atomic E-state index is 0.360. The van der Waals surface area contributed by atoms with Crippen molar-refractivity contribution in [3.63, 3.8) is 0 Å². The van der Waals surface area contributed by atoms with E-state index in [9.17, 15) is 0 Å². The summed E-state index contributed by atoms with van der Waals surface area (Å²) in [5.41, 5.74) is 9.06. The van der Waals surface area contributed by atoms with Crippen LogP contribution in [0.25, 0.3) is 5.65 Å². The highest BCUT2D eigenvalue weighted by Crippen LogP contribution is 2.23. The number of nitrogens with one attached hydrogen (secondary N) is 1. The fourth-order valence-electron chi connectivity index (χ4n) is 2.32. The second kappa shape index (κ2) is 8.34. The number of nitrogens with two attached hydrogens (primary N) is 1. The van der Waals surface area contributed by atoms with Crippen LogP contribution in [0.2, 0.25) is 0 Å². The van der Waals surface area contributed by atoms with E-state index < -0.39 is 0 Å². The van der Waals surface area contributed by atoms with Crippen LogP contribution >= 0.6 is 0 Å². The van der Waals surface area contributed by atoms with Gasteiger partial charge in [0.05, 0.1) is 6.20 Å². The quantitative estimate of drug-likeness (QED) is 0.743. The summed E-state index contributed by atoms with van der Waals surface area (Å²) >= 11 is 0. The Labute approximate surface area is 143 Å². The molecule has 3 aromatic rings. The molecule has 0 radical (unpaired) electrons. The lowest BCUT2D eigenvalue weighted by molar-refractivity contribution is 0.872. The van der Waals surface area contributed by atoms with Crippen LogP contribution in [0, 0.1) is 0 Å². The molecule has 0 saturated heterocycles. The number of rotatable bonds is 4. The van der Waals surface area contributed by atoms with Gasteiger partial charge in [0.25, 0.3) is 0 Å². The van der Waals surface area contributed by atoms with E-state index in [-0.39, 0.29) is 0 Å². The zero-order valence-electron chi connectivity index (χ0n) is 15.0. The van der Waals surface area contributed by atoms with Gasteiger partial charge in [0.2, 0.25) is 0 Å². The largest absolute Gasteiger partial charge is 0.384 e. The van der Waals surface area contributed by atoms with Crippen molar-refractivity contribution in [1.82, 2.24) is 14.6 Å². The monoisotopic (exact) mass is 325 g/mol. The average Bonchev–Trinajstić information content (AvgIpc) is 2.98. The highest BCUT2D eigenvalue weighted by atomic mass is 15.3. The molecule has 0 spiro atoms. The lowest BCUT2D eigenvalue weighted by Gasteiger charge is -2.10. The number of nitrogens with zero attached hydrogens (tertiary/aromatic N) is 3. The van der Waals surface area contributed by atoms with Gasteiger partial charge in [-0.25, -0.2) is 4.98 Å². The Bertz CT molecular complexity index is 762. The fraction of sp³-hybridized carbons (Fsp3) is 0.368. The van der Waals surface area contributed by atoms with Gasteiger partial charge in [-0.1, -0.05) is 64.4 Å². The smallest absolute Gasteiger partial charge is 0.163 e. The maximum absolute atomic E-state index is 5.93. The first-order valence-electron chi connectivity index (χ1n) is 8.48. The predicted octanol–water partition coefficient (Wildman–Crippen LogP) is 4.46. The maximum Gasteiger partial charge on any atom is 0.163 e. The van der Waals surface area contributed by atoms with Gasteiger partial charge < -0.3 is 11.1 Å². The van der Waals surface area contributed by atoms with Crippen molar-refractivity contribution in [3.05, 3.63) is 53.7 Å². The van der Waals surface area contributed by atoms with Gasteiger partial charge in [-0.3, -0.25) is 0 Å². The lowest BCUT2D eigenvalue weighted by Crippen LogP contribution is -2.07. The molecule has 5 nitrogen and oxygen atoms in total. The fourth-order valence-corrected chi connectivity index (χ4v) is 2.32. The summed E-state index contributed by atoms with van der Waals surface area (Å²) in [5, 5.41) is 7.81. The third-order valence-corrected chi connectivity index (χ3v) is 3.46. The standard InChI is InChI=1S/C16H19N5.C3H8/c1-11(2)13-10-19-21-15(8-14(17)20-16(13)21)18-9-12-6-4-3-5-7-12;1-3-2/h3-8,10-11,18H,9H2,1-2H3,(H2,17,20);3H2,1-2H3. The van der Waals surface area contributed by atoms with Crippen LogP contribution in [0.15, 0.2) is 42.6 Å². The molecule has 0 saturated carbocycles. The molecule has 0 bridgehead atoms. The second-order valence-electron chi connectivity index (χ2n) is 6.10. The van der Waals surface area contributed by atoms with Gasteiger partial charge in [-0.05, 0) is 11.5 Å². The van der Waals surface area contributed by atoms with Crippen molar-refractivity contribution in [2.45, 2.75) is 46.6 Å². The molecule has 0 atom stereocenters. The van der Waals surface area contributed by atoms with Gasteiger partial charge >= 0.3 is 0 Å². The first kappa shape index (κ1) is 17.8. The lowest BCUT2D eigenvalue weighted by atomic mass is 10.1. The molecule has 2 heterocycles. The van der Waals surface area contributed by atoms with Crippen LogP contribution in [-0.4, -0.2) is 14.6 Å². The van der Waals surface area contributed by atoms with E-state index >= 15 is 0 Å². The Morgan fingerprint density at radius 1 is 1.17 bits per heavy atom. The molecule has 24 heavy (non-hydrogen) atoms. The van der Waals surface area contributed by atoms with Gasteiger partial charge in [0, 0.05) is 18.2 Å². The Kier molecular flexibility index (Phi) is 6.18. The third kappa shape index (κ3) is 4.25. The van der Waals surface area contributed by atoms with E-state index in [4.69, 9.17) is 5.73 Å². The van der Waals surface area contributed by atoms with Gasteiger partial charge in [-0.2, -0.15) is 9.61 Å². The molecule has 0 unspecified atom stereocenters. The SMILES string of the molecule is CC(C)c1cnn2c(NCc3ccccc3)cc(N)nc12.CCC. The van der Waals surface area contributed by atoms with Crippen LogP contribution in [0.1, 0.15) is 51.2 Å². The van der Waals surface area contributed by atoms with E-state index in [0.717, 1.165) is 23.6 Å². The molecule has 0 aliphatic rings. The summed E-state index contributed by atoms with van der Waals surface area (Å²) < 4.78 is 1.81.